The lowest BCUT2D eigenvalue weighted by Gasteiger charge is -2.44. The molecular formula is C23H24FNO4S. The lowest BCUT2D eigenvalue weighted by Crippen LogP contribution is -2.55. The second-order valence-electron chi connectivity index (χ2n) is 8.40. The molecule has 1 aromatic carbocycles. The number of fused-ring (bicyclic) bond motifs is 1. The molecule has 2 fully saturated rings. The van der Waals surface area contributed by atoms with Gasteiger partial charge in [-0.1, -0.05) is 12.1 Å². The third-order valence-electron chi connectivity index (χ3n) is 6.65. The van der Waals surface area contributed by atoms with Gasteiger partial charge in [0.15, 0.2) is 0 Å². The number of rotatable bonds is 4. The van der Waals surface area contributed by atoms with Gasteiger partial charge >= 0.3 is 17.8 Å². The number of esters is 2. The molecule has 2 aliphatic heterocycles. The first kappa shape index (κ1) is 19.7. The fraction of sp³-hybridized carbons (Fsp3) is 0.478. The molecule has 3 heterocycles. The van der Waals surface area contributed by atoms with E-state index in [4.69, 9.17) is 9.47 Å². The zero-order valence-electron chi connectivity index (χ0n) is 16.6. The van der Waals surface area contributed by atoms with Crippen molar-refractivity contribution in [2.24, 2.45) is 0 Å². The summed E-state index contributed by atoms with van der Waals surface area (Å²) < 4.78 is 24.8. The predicted molar refractivity (Wildman–Crippen MR) is 109 cm³/mol. The average molecular weight is 430 g/mol. The van der Waals surface area contributed by atoms with E-state index in [0.717, 1.165) is 31.2 Å². The molecule has 1 aromatic heterocycles. The number of carbonyl (C=O) groups is 2. The fourth-order valence-corrected chi connectivity index (χ4v) is 6.16. The summed E-state index contributed by atoms with van der Waals surface area (Å²) in [5.74, 6) is -3.14. The maximum Gasteiger partial charge on any atom is 0.421 e. The molecule has 2 unspecified atom stereocenters. The Labute approximate surface area is 178 Å². The summed E-state index contributed by atoms with van der Waals surface area (Å²) >= 11 is 1.83. The van der Waals surface area contributed by atoms with Crippen molar-refractivity contribution < 1.29 is 23.5 Å². The molecular weight excluding hydrogens is 405 g/mol. The molecule has 3 aliphatic rings. The predicted octanol–water partition coefficient (Wildman–Crippen LogP) is 4.33. The van der Waals surface area contributed by atoms with E-state index in [-0.39, 0.29) is 11.7 Å². The minimum absolute atomic E-state index is 0.0474. The molecule has 1 spiro atoms. The van der Waals surface area contributed by atoms with E-state index in [1.807, 2.05) is 22.3 Å². The summed E-state index contributed by atoms with van der Waals surface area (Å²) in [6.45, 7) is 1.29. The molecule has 2 atom stereocenters. The number of hydrogen-bond donors (Lipinski definition) is 0. The highest BCUT2D eigenvalue weighted by Gasteiger charge is 2.56. The van der Waals surface area contributed by atoms with Crippen LogP contribution in [-0.4, -0.2) is 35.8 Å². The molecule has 2 saturated heterocycles. The van der Waals surface area contributed by atoms with Crippen molar-refractivity contribution in [3.8, 4) is 0 Å². The molecule has 0 N–H and O–H groups in total. The number of nitrogens with zero attached hydrogens (tertiary/aromatic N) is 1. The van der Waals surface area contributed by atoms with Gasteiger partial charge in [0.2, 0.25) is 0 Å². The van der Waals surface area contributed by atoms with Gasteiger partial charge in [-0.3, -0.25) is 0 Å². The van der Waals surface area contributed by atoms with Crippen LogP contribution in [0.4, 0.5) is 4.39 Å². The van der Waals surface area contributed by atoms with Gasteiger partial charge in [0.05, 0.1) is 0 Å². The Morgan fingerprint density at radius 1 is 1.17 bits per heavy atom. The van der Waals surface area contributed by atoms with Crippen LogP contribution in [0.5, 0.6) is 0 Å². The average Bonchev–Trinajstić information content (AvgIpc) is 3.32. The van der Waals surface area contributed by atoms with Gasteiger partial charge in [-0.05, 0) is 78.6 Å². The van der Waals surface area contributed by atoms with E-state index in [0.29, 0.717) is 25.4 Å². The number of carbonyl (C=O) groups excluding carboxylic acids is 2. The van der Waals surface area contributed by atoms with Crippen LogP contribution in [0.3, 0.4) is 0 Å². The van der Waals surface area contributed by atoms with Crippen LogP contribution in [0.1, 0.15) is 59.9 Å². The van der Waals surface area contributed by atoms with Gasteiger partial charge < -0.3 is 9.47 Å². The van der Waals surface area contributed by atoms with Crippen molar-refractivity contribution in [3.05, 3.63) is 57.5 Å². The minimum atomic E-state index is -1.38. The van der Waals surface area contributed by atoms with Crippen LogP contribution in [0.15, 0.2) is 35.7 Å². The maximum absolute atomic E-state index is 13.7. The third-order valence-corrected chi connectivity index (χ3v) is 7.64. The van der Waals surface area contributed by atoms with Crippen LogP contribution in [0.25, 0.3) is 0 Å². The summed E-state index contributed by atoms with van der Waals surface area (Å²) in [4.78, 5) is 27.4. The summed E-state index contributed by atoms with van der Waals surface area (Å²) in [6.07, 6.45) is 5.52. The van der Waals surface area contributed by atoms with Gasteiger partial charge in [0.25, 0.3) is 0 Å². The number of benzene rings is 1. The summed E-state index contributed by atoms with van der Waals surface area (Å²) in [6, 6.07) is 8.69. The van der Waals surface area contributed by atoms with Crippen LogP contribution < -0.4 is 0 Å². The molecule has 0 bridgehead atoms. The van der Waals surface area contributed by atoms with E-state index in [2.05, 4.69) is 11.4 Å². The number of ether oxygens (including phenoxy) is 2. The zero-order valence-corrected chi connectivity index (χ0v) is 17.5. The first-order valence-electron chi connectivity index (χ1n) is 10.6. The number of hydrogen-bond acceptors (Lipinski definition) is 6. The molecule has 1 aliphatic carbocycles. The van der Waals surface area contributed by atoms with Crippen molar-refractivity contribution >= 4 is 23.3 Å². The zero-order chi connectivity index (χ0) is 20.7. The van der Waals surface area contributed by atoms with E-state index in [9.17, 15) is 14.0 Å². The Morgan fingerprint density at radius 3 is 2.80 bits per heavy atom. The van der Waals surface area contributed by atoms with Crippen molar-refractivity contribution in [2.45, 2.75) is 56.3 Å². The minimum Gasteiger partial charge on any atom is -0.400 e. The monoisotopic (exact) mass is 429 g/mol. The third kappa shape index (κ3) is 3.54. The lowest BCUT2D eigenvalue weighted by atomic mass is 9.84. The highest BCUT2D eigenvalue weighted by Crippen LogP contribution is 2.43. The maximum atomic E-state index is 13.7. The highest BCUT2D eigenvalue weighted by molar-refractivity contribution is 7.10. The number of halogens is 1. The van der Waals surface area contributed by atoms with Crippen molar-refractivity contribution in [1.29, 1.82) is 0 Å². The lowest BCUT2D eigenvalue weighted by molar-refractivity contribution is -0.266. The number of thiophene rings is 1. The van der Waals surface area contributed by atoms with E-state index < -0.39 is 17.8 Å². The van der Waals surface area contributed by atoms with Crippen LogP contribution in [0, 0.1) is 5.82 Å². The molecule has 7 heteroatoms. The van der Waals surface area contributed by atoms with E-state index in [1.54, 1.807) is 6.07 Å². The van der Waals surface area contributed by atoms with E-state index >= 15 is 0 Å². The van der Waals surface area contributed by atoms with Crippen LogP contribution >= 0.6 is 11.3 Å². The molecule has 0 amide bonds. The molecule has 0 radical (unpaired) electrons. The van der Waals surface area contributed by atoms with E-state index in [1.165, 1.54) is 29.0 Å². The fourth-order valence-electron chi connectivity index (χ4n) is 5.15. The number of likely N-dealkylation sites (tertiary alicyclic amines) is 1. The Balaban J connectivity index is 1.35. The van der Waals surface area contributed by atoms with Crippen LogP contribution in [-0.2, 0) is 25.5 Å². The first-order valence-corrected chi connectivity index (χ1v) is 11.5. The summed E-state index contributed by atoms with van der Waals surface area (Å²) in [5.41, 5.74) is 2.28. The molecule has 158 valence electrons. The summed E-state index contributed by atoms with van der Waals surface area (Å²) in [5, 5.41) is 2.16. The van der Waals surface area contributed by atoms with Gasteiger partial charge in [-0.15, -0.1) is 11.3 Å². The highest BCUT2D eigenvalue weighted by atomic mass is 32.1. The van der Waals surface area contributed by atoms with Gasteiger partial charge in [0.1, 0.15) is 5.82 Å². The second-order valence-corrected chi connectivity index (χ2v) is 9.40. The van der Waals surface area contributed by atoms with Gasteiger partial charge in [-0.2, -0.15) is 0 Å². The molecule has 5 rings (SSSR count). The molecule has 2 aromatic rings. The normalized spacial score (nSPS) is 25.8. The van der Waals surface area contributed by atoms with Crippen molar-refractivity contribution in [3.63, 3.8) is 0 Å². The van der Waals surface area contributed by atoms with Crippen LogP contribution in [0.2, 0.25) is 0 Å². The topological polar surface area (TPSA) is 55.8 Å². The first-order chi connectivity index (χ1) is 14.5. The molecule has 5 nitrogen and oxygen atoms in total. The van der Waals surface area contributed by atoms with Crippen molar-refractivity contribution in [1.82, 2.24) is 4.90 Å². The molecule has 30 heavy (non-hydrogen) atoms. The van der Waals surface area contributed by atoms with Crippen molar-refractivity contribution in [2.75, 3.05) is 13.1 Å². The Morgan fingerprint density at radius 2 is 2.00 bits per heavy atom. The standard InChI is InChI=1S/C23H24FNO4S/c24-18-5-1-4-16(13-18)17-8-11-25(23(14-17)28-21(26)22(27)29-23)10-7-15-3-2-6-20-19(15)9-12-30-20/h1,4-5,9,12-13,15,17H,2-3,6-8,10-11,14H2. The quantitative estimate of drug-likeness (QED) is 0.535. The Hall–Kier alpha value is -2.25. The number of aryl methyl sites for hydroxylation is 1. The Kier molecular flexibility index (Phi) is 5.11. The van der Waals surface area contributed by atoms with Gasteiger partial charge in [0, 0.05) is 24.4 Å². The smallest absolute Gasteiger partial charge is 0.400 e. The SMILES string of the molecule is O=C1OC2(CC(c3cccc(F)c3)CCN2CCC2CCCc3sccc32)OC1=O. The molecule has 0 saturated carbocycles. The number of piperidine rings is 1. The largest absolute Gasteiger partial charge is 0.421 e. The second kappa shape index (κ2) is 7.78. The summed E-state index contributed by atoms with van der Waals surface area (Å²) in [7, 11) is 0. The van der Waals surface area contributed by atoms with Gasteiger partial charge in [-0.25, -0.2) is 18.9 Å². The Bertz CT molecular complexity index is 958.